The zero-order valence-corrected chi connectivity index (χ0v) is 15.7. The zero-order chi connectivity index (χ0) is 18.4. The van der Waals surface area contributed by atoms with E-state index in [4.69, 9.17) is 28.9 Å². The lowest BCUT2D eigenvalue weighted by molar-refractivity contribution is -0.134. The van der Waals surface area contributed by atoms with Crippen molar-refractivity contribution in [1.29, 1.82) is 0 Å². The van der Waals surface area contributed by atoms with Crippen molar-refractivity contribution in [3.8, 4) is 0 Å². The lowest BCUT2D eigenvalue weighted by Gasteiger charge is -2.20. The Morgan fingerprint density at radius 3 is 2.62 bits per heavy atom. The molecule has 26 heavy (non-hydrogen) atoms. The maximum atomic E-state index is 12.8. The van der Waals surface area contributed by atoms with Crippen molar-refractivity contribution in [1.82, 2.24) is 14.8 Å². The van der Waals surface area contributed by atoms with Gasteiger partial charge >= 0.3 is 0 Å². The molecule has 2 aliphatic rings. The van der Waals surface area contributed by atoms with E-state index in [2.05, 4.69) is 4.98 Å². The molecule has 3 N–H and O–H groups in total. The van der Waals surface area contributed by atoms with Crippen LogP contribution >= 0.6 is 23.2 Å². The summed E-state index contributed by atoms with van der Waals surface area (Å²) in [5.74, 6) is -0.159. The number of nitrogens with two attached hydrogens (primary N) is 1. The van der Waals surface area contributed by atoms with E-state index in [1.54, 1.807) is 23.1 Å². The zero-order valence-electron chi connectivity index (χ0n) is 14.2. The first kappa shape index (κ1) is 17.6. The maximum Gasteiger partial charge on any atom is 0.270 e. The van der Waals surface area contributed by atoms with Crippen LogP contribution in [0.15, 0.2) is 18.2 Å². The molecule has 0 bridgehead atoms. The van der Waals surface area contributed by atoms with Crippen LogP contribution in [-0.4, -0.2) is 58.8 Å². The Labute approximate surface area is 161 Å². The number of carbonyl (C=O) groups excluding carboxylic acids is 2. The monoisotopic (exact) mass is 394 g/mol. The molecule has 0 radical (unpaired) electrons. The number of nitrogens with zero attached hydrogens (tertiary/aromatic N) is 2. The summed E-state index contributed by atoms with van der Waals surface area (Å²) in [5.41, 5.74) is 7.11. The minimum Gasteiger partial charge on any atom is -0.350 e. The van der Waals surface area contributed by atoms with Crippen molar-refractivity contribution in [2.45, 2.75) is 18.9 Å². The maximum absolute atomic E-state index is 12.8. The highest BCUT2D eigenvalue weighted by atomic mass is 35.5. The highest BCUT2D eigenvalue weighted by Crippen LogP contribution is 2.32. The molecule has 2 atom stereocenters. The fourth-order valence-electron chi connectivity index (χ4n) is 3.82. The molecule has 0 aliphatic carbocycles. The summed E-state index contributed by atoms with van der Waals surface area (Å²) in [7, 11) is 0. The van der Waals surface area contributed by atoms with Gasteiger partial charge in [-0.05, 0) is 31.0 Å². The number of benzene rings is 1. The molecule has 0 unspecified atom stereocenters. The van der Waals surface area contributed by atoms with Gasteiger partial charge in [0.05, 0.1) is 16.0 Å². The summed E-state index contributed by atoms with van der Waals surface area (Å²) < 4.78 is 0. The van der Waals surface area contributed by atoms with Crippen molar-refractivity contribution in [3.05, 3.63) is 33.9 Å². The molecule has 0 spiro atoms. The first-order chi connectivity index (χ1) is 12.4. The number of aromatic nitrogens is 1. The third kappa shape index (κ3) is 3.06. The molecule has 2 saturated heterocycles. The summed E-state index contributed by atoms with van der Waals surface area (Å²) in [5, 5.41) is 1.60. The number of halogens is 2. The second-order valence-electron chi connectivity index (χ2n) is 7.08. The van der Waals surface area contributed by atoms with E-state index in [0.29, 0.717) is 48.3 Å². The number of aromatic amines is 1. The number of hydrogen-bond acceptors (Lipinski definition) is 3. The van der Waals surface area contributed by atoms with E-state index in [1.165, 1.54) is 0 Å². The minimum atomic E-state index is -0.147. The van der Waals surface area contributed by atoms with Crippen LogP contribution in [0.2, 0.25) is 10.0 Å². The summed E-state index contributed by atoms with van der Waals surface area (Å²) in [4.78, 5) is 32.1. The molecule has 8 heteroatoms. The third-order valence-electron chi connectivity index (χ3n) is 5.28. The van der Waals surface area contributed by atoms with Crippen LogP contribution in [-0.2, 0) is 4.79 Å². The van der Waals surface area contributed by atoms with Crippen molar-refractivity contribution in [2.24, 2.45) is 11.7 Å². The smallest absolute Gasteiger partial charge is 0.270 e. The number of amides is 2. The van der Waals surface area contributed by atoms with E-state index >= 15 is 0 Å². The summed E-state index contributed by atoms with van der Waals surface area (Å²) >= 11 is 12.3. The molecule has 1 aromatic carbocycles. The van der Waals surface area contributed by atoms with Crippen LogP contribution in [0.3, 0.4) is 0 Å². The van der Waals surface area contributed by atoms with Crippen molar-refractivity contribution < 1.29 is 9.59 Å². The minimum absolute atomic E-state index is 0.0704. The van der Waals surface area contributed by atoms with Gasteiger partial charge in [0, 0.05) is 43.1 Å². The SMILES string of the molecule is N[C@H]1CCN(C(=O)[C@@H]2CCN(C(=O)c3cc4c(Cl)c(Cl)ccc4[nH]3)C2)C1. The largest absolute Gasteiger partial charge is 0.350 e. The van der Waals surface area contributed by atoms with Gasteiger partial charge in [0.1, 0.15) is 5.69 Å². The van der Waals surface area contributed by atoms with Gasteiger partial charge in [-0.3, -0.25) is 9.59 Å². The molecular weight excluding hydrogens is 375 g/mol. The van der Waals surface area contributed by atoms with Crippen LogP contribution in [0.1, 0.15) is 23.3 Å². The van der Waals surface area contributed by atoms with Gasteiger partial charge in [-0.25, -0.2) is 0 Å². The predicted molar refractivity (Wildman–Crippen MR) is 102 cm³/mol. The second-order valence-corrected chi connectivity index (χ2v) is 7.86. The Bertz CT molecular complexity index is 881. The van der Waals surface area contributed by atoms with E-state index in [0.717, 1.165) is 17.3 Å². The van der Waals surface area contributed by atoms with Gasteiger partial charge in [0.15, 0.2) is 0 Å². The summed E-state index contributed by atoms with van der Waals surface area (Å²) in [6.45, 7) is 2.34. The standard InChI is InChI=1S/C18H20Cl2N4O2/c19-13-1-2-14-12(16(13)20)7-15(22-14)18(26)23-5-3-10(8-23)17(25)24-6-4-11(21)9-24/h1-2,7,10-11,22H,3-6,8-9,21H2/t10-,11+/m1/s1. The molecule has 2 fully saturated rings. The fourth-order valence-corrected chi connectivity index (χ4v) is 4.20. The Balaban J connectivity index is 1.48. The van der Waals surface area contributed by atoms with E-state index in [9.17, 15) is 9.59 Å². The quantitative estimate of drug-likeness (QED) is 0.820. The van der Waals surface area contributed by atoms with Gasteiger partial charge in [0.2, 0.25) is 5.91 Å². The number of nitrogens with one attached hydrogen (secondary N) is 1. The number of likely N-dealkylation sites (tertiary alicyclic amines) is 2. The molecule has 4 rings (SSSR count). The molecule has 6 nitrogen and oxygen atoms in total. The molecule has 0 saturated carbocycles. The normalized spacial score (nSPS) is 23.2. The summed E-state index contributed by atoms with van der Waals surface area (Å²) in [6.07, 6.45) is 1.53. The average molecular weight is 395 g/mol. The molecular formula is C18H20Cl2N4O2. The highest BCUT2D eigenvalue weighted by Gasteiger charge is 2.36. The van der Waals surface area contributed by atoms with Crippen LogP contribution < -0.4 is 5.73 Å². The molecule has 2 aromatic rings. The first-order valence-electron chi connectivity index (χ1n) is 8.74. The predicted octanol–water partition coefficient (Wildman–Crippen LogP) is 2.50. The summed E-state index contributed by atoms with van der Waals surface area (Å²) in [6, 6.07) is 5.29. The van der Waals surface area contributed by atoms with Crippen molar-refractivity contribution in [2.75, 3.05) is 26.2 Å². The van der Waals surface area contributed by atoms with Gasteiger partial charge in [-0.2, -0.15) is 0 Å². The van der Waals surface area contributed by atoms with E-state index in [1.807, 2.05) is 4.90 Å². The molecule has 1 aromatic heterocycles. The number of carbonyl (C=O) groups is 2. The fraction of sp³-hybridized carbons (Fsp3) is 0.444. The lowest BCUT2D eigenvalue weighted by Crippen LogP contribution is -2.38. The lowest BCUT2D eigenvalue weighted by atomic mass is 10.1. The van der Waals surface area contributed by atoms with Crippen LogP contribution in [0.5, 0.6) is 0 Å². The van der Waals surface area contributed by atoms with Gasteiger partial charge in [-0.1, -0.05) is 23.2 Å². The molecule has 3 heterocycles. The Kier molecular flexibility index (Phi) is 4.59. The molecule has 2 amide bonds. The molecule has 2 aliphatic heterocycles. The molecule has 138 valence electrons. The topological polar surface area (TPSA) is 82.4 Å². The van der Waals surface area contributed by atoms with Crippen LogP contribution in [0.4, 0.5) is 0 Å². The number of H-pyrrole nitrogens is 1. The third-order valence-corrected chi connectivity index (χ3v) is 6.10. The Morgan fingerprint density at radius 2 is 1.88 bits per heavy atom. The Morgan fingerprint density at radius 1 is 1.12 bits per heavy atom. The number of hydrogen-bond donors (Lipinski definition) is 2. The van der Waals surface area contributed by atoms with Crippen molar-refractivity contribution >= 4 is 45.9 Å². The van der Waals surface area contributed by atoms with Crippen molar-refractivity contribution in [3.63, 3.8) is 0 Å². The van der Waals surface area contributed by atoms with E-state index < -0.39 is 0 Å². The van der Waals surface area contributed by atoms with Gasteiger partial charge < -0.3 is 20.5 Å². The van der Waals surface area contributed by atoms with Crippen LogP contribution in [0, 0.1) is 5.92 Å². The second kappa shape index (κ2) is 6.76. The number of rotatable bonds is 2. The first-order valence-corrected chi connectivity index (χ1v) is 9.50. The van der Waals surface area contributed by atoms with Crippen LogP contribution in [0.25, 0.3) is 10.9 Å². The Hall–Kier alpha value is -1.76. The number of fused-ring (bicyclic) bond motifs is 1. The average Bonchev–Trinajstić information content (AvgIpc) is 3.36. The van der Waals surface area contributed by atoms with Gasteiger partial charge in [-0.15, -0.1) is 0 Å². The van der Waals surface area contributed by atoms with Gasteiger partial charge in [0.25, 0.3) is 5.91 Å². The van der Waals surface area contributed by atoms with E-state index in [-0.39, 0.29) is 23.8 Å². The highest BCUT2D eigenvalue weighted by molar-refractivity contribution is 6.45.